The minimum atomic E-state index is -0.421. The summed E-state index contributed by atoms with van der Waals surface area (Å²) in [6, 6.07) is 7.55. The first-order valence-corrected chi connectivity index (χ1v) is 10.4. The first-order chi connectivity index (χ1) is 14.1. The molecule has 2 amide bonds. The maximum absolute atomic E-state index is 13.2. The standard InChI is InChI=1S/C22H27N3O4/c1-2-29-22(28)15-9-11-24(12-10-15)21(27)19-7-8-20(26)25(19)14-16-13-23-18-6-4-3-5-17(16)18/h3-6,13,15,19,23H,2,7-12,14H2,1H3. The molecule has 7 nitrogen and oxygen atoms in total. The zero-order valence-electron chi connectivity index (χ0n) is 16.7. The van der Waals surface area contributed by atoms with Crippen molar-refractivity contribution in [1.29, 1.82) is 0 Å². The summed E-state index contributed by atoms with van der Waals surface area (Å²) >= 11 is 0. The van der Waals surface area contributed by atoms with Crippen LogP contribution in [0.2, 0.25) is 0 Å². The van der Waals surface area contributed by atoms with Gasteiger partial charge in [0.05, 0.1) is 12.5 Å². The fourth-order valence-electron chi connectivity index (χ4n) is 4.44. The van der Waals surface area contributed by atoms with Crippen LogP contribution in [0, 0.1) is 5.92 Å². The number of amides is 2. The van der Waals surface area contributed by atoms with E-state index in [0.717, 1.165) is 16.5 Å². The van der Waals surface area contributed by atoms with Crippen LogP contribution in [0.5, 0.6) is 0 Å². The van der Waals surface area contributed by atoms with Gasteiger partial charge in [0.25, 0.3) is 0 Å². The van der Waals surface area contributed by atoms with Gasteiger partial charge in [-0.1, -0.05) is 18.2 Å². The van der Waals surface area contributed by atoms with Gasteiger partial charge in [0.15, 0.2) is 0 Å². The zero-order valence-corrected chi connectivity index (χ0v) is 16.7. The van der Waals surface area contributed by atoms with E-state index in [9.17, 15) is 14.4 Å². The van der Waals surface area contributed by atoms with Crippen LogP contribution in [0.3, 0.4) is 0 Å². The number of esters is 1. The normalized spacial score (nSPS) is 20.4. The number of aromatic amines is 1. The van der Waals surface area contributed by atoms with E-state index in [4.69, 9.17) is 4.74 Å². The Morgan fingerprint density at radius 2 is 1.93 bits per heavy atom. The van der Waals surface area contributed by atoms with Gasteiger partial charge < -0.3 is 19.5 Å². The van der Waals surface area contributed by atoms with Gasteiger partial charge in [-0.15, -0.1) is 0 Å². The Balaban J connectivity index is 1.43. The van der Waals surface area contributed by atoms with E-state index in [0.29, 0.717) is 51.9 Å². The number of hydrogen-bond acceptors (Lipinski definition) is 4. The summed E-state index contributed by atoms with van der Waals surface area (Å²) < 4.78 is 5.10. The van der Waals surface area contributed by atoms with E-state index in [-0.39, 0.29) is 23.7 Å². The molecular formula is C22H27N3O4. The Morgan fingerprint density at radius 1 is 1.17 bits per heavy atom. The number of carbonyl (C=O) groups is 3. The summed E-state index contributed by atoms with van der Waals surface area (Å²) in [5.74, 6) is -0.281. The Hall–Kier alpha value is -2.83. The van der Waals surface area contributed by atoms with Gasteiger partial charge in [-0.3, -0.25) is 14.4 Å². The number of H-pyrrole nitrogens is 1. The van der Waals surface area contributed by atoms with Crippen LogP contribution < -0.4 is 0 Å². The van der Waals surface area contributed by atoms with Gasteiger partial charge in [-0.05, 0) is 37.8 Å². The number of benzene rings is 1. The molecular weight excluding hydrogens is 370 g/mol. The molecule has 0 spiro atoms. The number of para-hydroxylation sites is 1. The molecule has 29 heavy (non-hydrogen) atoms. The van der Waals surface area contributed by atoms with E-state index in [1.165, 1.54) is 0 Å². The molecule has 1 aromatic carbocycles. The molecule has 0 saturated carbocycles. The molecule has 1 unspecified atom stereocenters. The summed E-state index contributed by atoms with van der Waals surface area (Å²) in [4.78, 5) is 44.4. The molecule has 0 bridgehead atoms. The van der Waals surface area contributed by atoms with Gasteiger partial charge in [-0.2, -0.15) is 0 Å². The maximum atomic E-state index is 13.2. The first kappa shape index (κ1) is 19.5. The second-order valence-electron chi connectivity index (χ2n) is 7.79. The summed E-state index contributed by atoms with van der Waals surface area (Å²) in [5, 5.41) is 1.08. The second kappa shape index (κ2) is 8.27. The van der Waals surface area contributed by atoms with Crippen molar-refractivity contribution in [2.45, 2.75) is 45.2 Å². The molecule has 2 aromatic rings. The lowest BCUT2D eigenvalue weighted by atomic mass is 9.96. The highest BCUT2D eigenvalue weighted by Gasteiger charge is 2.39. The summed E-state index contributed by atoms with van der Waals surface area (Å²) in [6.07, 6.45) is 4.11. The van der Waals surface area contributed by atoms with Crippen LogP contribution in [0.25, 0.3) is 10.9 Å². The number of rotatable bonds is 5. The summed E-state index contributed by atoms with van der Waals surface area (Å²) in [6.45, 7) is 3.68. The summed E-state index contributed by atoms with van der Waals surface area (Å²) in [7, 11) is 0. The van der Waals surface area contributed by atoms with Crippen molar-refractivity contribution in [2.75, 3.05) is 19.7 Å². The molecule has 154 valence electrons. The number of likely N-dealkylation sites (tertiary alicyclic amines) is 2. The van der Waals surface area contributed by atoms with Gasteiger partial charge in [-0.25, -0.2) is 0 Å². The van der Waals surface area contributed by atoms with Crippen LogP contribution in [0.15, 0.2) is 30.5 Å². The third-order valence-electron chi connectivity index (χ3n) is 6.06. The number of ether oxygens (including phenoxy) is 1. The van der Waals surface area contributed by atoms with Gasteiger partial charge in [0, 0.05) is 43.2 Å². The minimum absolute atomic E-state index is 0.00185. The predicted molar refractivity (Wildman–Crippen MR) is 108 cm³/mol. The first-order valence-electron chi connectivity index (χ1n) is 10.4. The van der Waals surface area contributed by atoms with E-state index in [2.05, 4.69) is 4.98 Å². The average Bonchev–Trinajstić information content (AvgIpc) is 3.32. The van der Waals surface area contributed by atoms with E-state index < -0.39 is 6.04 Å². The second-order valence-corrected chi connectivity index (χ2v) is 7.79. The molecule has 1 N–H and O–H groups in total. The SMILES string of the molecule is CCOC(=O)C1CCN(C(=O)C2CCC(=O)N2Cc2c[nH]c3ccccc23)CC1. The lowest BCUT2D eigenvalue weighted by molar-refractivity contribution is -0.152. The van der Waals surface area contributed by atoms with Crippen molar-refractivity contribution in [3.05, 3.63) is 36.0 Å². The fourth-order valence-corrected chi connectivity index (χ4v) is 4.44. The largest absolute Gasteiger partial charge is 0.466 e. The lowest BCUT2D eigenvalue weighted by Gasteiger charge is -2.34. The maximum Gasteiger partial charge on any atom is 0.309 e. The number of carbonyl (C=O) groups excluding carboxylic acids is 3. The third-order valence-corrected chi connectivity index (χ3v) is 6.06. The Labute approximate surface area is 170 Å². The predicted octanol–water partition coefficient (Wildman–Crippen LogP) is 2.46. The van der Waals surface area contributed by atoms with Crippen LogP contribution in [0.1, 0.15) is 38.2 Å². The number of hydrogen-bond donors (Lipinski definition) is 1. The monoisotopic (exact) mass is 397 g/mol. The Bertz CT molecular complexity index is 914. The van der Waals surface area contributed by atoms with E-state index >= 15 is 0 Å². The number of piperidine rings is 1. The van der Waals surface area contributed by atoms with Crippen LogP contribution >= 0.6 is 0 Å². The number of fused-ring (bicyclic) bond motifs is 1. The molecule has 2 aliphatic rings. The highest BCUT2D eigenvalue weighted by Crippen LogP contribution is 2.28. The van der Waals surface area contributed by atoms with Crippen LogP contribution in [-0.4, -0.2) is 58.3 Å². The van der Waals surface area contributed by atoms with Crippen molar-refractivity contribution >= 4 is 28.7 Å². The van der Waals surface area contributed by atoms with Crippen molar-refractivity contribution in [3.63, 3.8) is 0 Å². The molecule has 3 heterocycles. The Kier molecular flexibility index (Phi) is 5.56. The number of aromatic nitrogens is 1. The third kappa shape index (κ3) is 3.86. The topological polar surface area (TPSA) is 82.7 Å². The van der Waals surface area contributed by atoms with Crippen molar-refractivity contribution < 1.29 is 19.1 Å². The molecule has 1 aromatic heterocycles. The van der Waals surface area contributed by atoms with Gasteiger partial charge in [0.1, 0.15) is 6.04 Å². The zero-order chi connectivity index (χ0) is 20.4. The number of nitrogens with one attached hydrogen (secondary N) is 1. The van der Waals surface area contributed by atoms with Crippen LogP contribution in [0.4, 0.5) is 0 Å². The molecule has 4 rings (SSSR count). The van der Waals surface area contributed by atoms with Gasteiger partial charge in [0.2, 0.25) is 11.8 Å². The minimum Gasteiger partial charge on any atom is -0.466 e. The molecule has 0 radical (unpaired) electrons. The summed E-state index contributed by atoms with van der Waals surface area (Å²) in [5.41, 5.74) is 2.05. The van der Waals surface area contributed by atoms with Crippen molar-refractivity contribution in [2.24, 2.45) is 5.92 Å². The Morgan fingerprint density at radius 3 is 2.69 bits per heavy atom. The van der Waals surface area contributed by atoms with Crippen molar-refractivity contribution in [3.8, 4) is 0 Å². The van der Waals surface area contributed by atoms with Gasteiger partial charge >= 0.3 is 5.97 Å². The fraction of sp³-hybridized carbons (Fsp3) is 0.500. The highest BCUT2D eigenvalue weighted by molar-refractivity contribution is 5.91. The molecule has 2 aliphatic heterocycles. The average molecular weight is 397 g/mol. The molecule has 2 fully saturated rings. The van der Waals surface area contributed by atoms with E-state index in [1.807, 2.05) is 30.5 Å². The molecule has 1 atom stereocenters. The number of nitrogens with zero attached hydrogens (tertiary/aromatic N) is 2. The molecule has 2 saturated heterocycles. The molecule has 0 aliphatic carbocycles. The van der Waals surface area contributed by atoms with Crippen molar-refractivity contribution in [1.82, 2.24) is 14.8 Å². The van der Waals surface area contributed by atoms with Crippen LogP contribution in [-0.2, 0) is 25.7 Å². The van der Waals surface area contributed by atoms with E-state index in [1.54, 1.807) is 16.7 Å². The highest BCUT2D eigenvalue weighted by atomic mass is 16.5. The smallest absolute Gasteiger partial charge is 0.309 e. The quantitative estimate of drug-likeness (QED) is 0.786. The molecule has 7 heteroatoms. The lowest BCUT2D eigenvalue weighted by Crippen LogP contribution is -2.49.